The van der Waals surface area contributed by atoms with Crippen LogP contribution >= 0.6 is 23.4 Å². The lowest BCUT2D eigenvalue weighted by atomic mass is 10.2. The second-order valence-corrected chi connectivity index (χ2v) is 5.79. The summed E-state index contributed by atoms with van der Waals surface area (Å²) >= 11 is 7.85. The maximum Gasteiger partial charge on any atom is 0.156 e. The Kier molecular flexibility index (Phi) is 4.83. The monoisotopic (exact) mass is 285 g/mol. The van der Waals surface area contributed by atoms with Gasteiger partial charge in [-0.15, -0.1) is 0 Å². The number of hydrogen-bond donors (Lipinski definition) is 0. The molecule has 0 bridgehead atoms. The van der Waals surface area contributed by atoms with Gasteiger partial charge in [-0.1, -0.05) is 11.6 Å². The molecule has 0 aromatic carbocycles. The van der Waals surface area contributed by atoms with Crippen LogP contribution in [0.3, 0.4) is 0 Å². The van der Waals surface area contributed by atoms with E-state index in [1.807, 2.05) is 11.8 Å². The van der Waals surface area contributed by atoms with Gasteiger partial charge < -0.3 is 4.90 Å². The van der Waals surface area contributed by atoms with Gasteiger partial charge in [0.25, 0.3) is 0 Å². The van der Waals surface area contributed by atoms with E-state index in [9.17, 15) is 4.79 Å². The zero-order valence-corrected chi connectivity index (χ0v) is 11.9. The van der Waals surface area contributed by atoms with Crippen molar-refractivity contribution in [3.8, 4) is 0 Å². The summed E-state index contributed by atoms with van der Waals surface area (Å²) in [6.07, 6.45) is 7.76. The predicted molar refractivity (Wildman–Crippen MR) is 75.8 cm³/mol. The van der Waals surface area contributed by atoms with E-state index in [1.54, 1.807) is 0 Å². The molecule has 1 fully saturated rings. The standard InChI is InChI=1S/C12H16ClN3OS/c1-18-9-3-2-5-16(6-4-9)12-10(7-17)11(13)14-8-15-12/h7-9H,2-6H2,1H3. The Labute approximate surface area is 116 Å². The largest absolute Gasteiger partial charge is 0.356 e. The zero-order chi connectivity index (χ0) is 13.0. The Morgan fingerprint density at radius 1 is 1.44 bits per heavy atom. The topological polar surface area (TPSA) is 46.1 Å². The minimum absolute atomic E-state index is 0.237. The molecule has 2 heterocycles. The number of rotatable bonds is 3. The molecular weight excluding hydrogens is 270 g/mol. The fourth-order valence-electron chi connectivity index (χ4n) is 2.23. The van der Waals surface area contributed by atoms with Gasteiger partial charge in [-0.3, -0.25) is 4.79 Å². The number of nitrogens with zero attached hydrogens (tertiary/aromatic N) is 3. The molecule has 0 aliphatic carbocycles. The molecule has 0 saturated carbocycles. The predicted octanol–water partition coefficient (Wildman–Crippen LogP) is 2.66. The molecule has 2 rings (SSSR count). The van der Waals surface area contributed by atoms with E-state index >= 15 is 0 Å². The Balaban J connectivity index is 2.21. The third kappa shape index (κ3) is 2.95. The number of anilines is 1. The Bertz CT molecular complexity index is 430. The fourth-order valence-corrected chi connectivity index (χ4v) is 3.15. The van der Waals surface area contributed by atoms with Gasteiger partial charge >= 0.3 is 0 Å². The van der Waals surface area contributed by atoms with Gasteiger partial charge in [-0.05, 0) is 25.5 Å². The van der Waals surface area contributed by atoms with Crippen LogP contribution in [0, 0.1) is 0 Å². The first-order valence-corrected chi connectivity index (χ1v) is 7.66. The second kappa shape index (κ2) is 6.38. The Hall–Kier alpha value is -0.810. The van der Waals surface area contributed by atoms with Gasteiger partial charge in [0.15, 0.2) is 6.29 Å². The molecule has 0 amide bonds. The van der Waals surface area contributed by atoms with Crippen LogP contribution in [0.4, 0.5) is 5.82 Å². The van der Waals surface area contributed by atoms with Gasteiger partial charge in [0, 0.05) is 18.3 Å². The van der Waals surface area contributed by atoms with Crippen LogP contribution in [0.2, 0.25) is 5.15 Å². The van der Waals surface area contributed by atoms with Crippen molar-refractivity contribution in [1.82, 2.24) is 9.97 Å². The summed E-state index contributed by atoms with van der Waals surface area (Å²) in [4.78, 5) is 21.3. The minimum Gasteiger partial charge on any atom is -0.356 e. The summed E-state index contributed by atoms with van der Waals surface area (Å²) in [7, 11) is 0. The van der Waals surface area contributed by atoms with Crippen molar-refractivity contribution >= 4 is 35.5 Å². The molecule has 1 atom stereocenters. The number of carbonyl (C=O) groups excluding carboxylic acids is 1. The molecular formula is C12H16ClN3OS. The molecule has 1 aromatic heterocycles. The summed E-state index contributed by atoms with van der Waals surface area (Å²) < 4.78 is 0. The lowest BCUT2D eigenvalue weighted by Crippen LogP contribution is -2.26. The lowest BCUT2D eigenvalue weighted by molar-refractivity contribution is 0.112. The normalized spacial score (nSPS) is 20.6. The van der Waals surface area contributed by atoms with E-state index in [0.717, 1.165) is 32.2 Å². The number of hydrogen-bond acceptors (Lipinski definition) is 5. The zero-order valence-electron chi connectivity index (χ0n) is 10.3. The molecule has 6 heteroatoms. The van der Waals surface area contributed by atoms with Crippen molar-refractivity contribution in [2.45, 2.75) is 24.5 Å². The number of thioether (sulfide) groups is 1. The maximum atomic E-state index is 11.1. The first-order chi connectivity index (χ1) is 8.76. The van der Waals surface area contributed by atoms with Gasteiger partial charge in [0.05, 0.1) is 5.56 Å². The van der Waals surface area contributed by atoms with E-state index < -0.39 is 0 Å². The van der Waals surface area contributed by atoms with Crippen molar-refractivity contribution in [2.24, 2.45) is 0 Å². The van der Waals surface area contributed by atoms with E-state index in [1.165, 1.54) is 12.7 Å². The molecule has 18 heavy (non-hydrogen) atoms. The fraction of sp³-hybridized carbons (Fsp3) is 0.583. The Morgan fingerprint density at radius 2 is 2.28 bits per heavy atom. The average molecular weight is 286 g/mol. The van der Waals surface area contributed by atoms with Crippen molar-refractivity contribution in [3.05, 3.63) is 17.0 Å². The van der Waals surface area contributed by atoms with Crippen LogP contribution in [0.5, 0.6) is 0 Å². The molecule has 1 aliphatic rings. The minimum atomic E-state index is 0.237. The van der Waals surface area contributed by atoms with Crippen molar-refractivity contribution in [2.75, 3.05) is 24.2 Å². The first kappa shape index (κ1) is 13.6. The van der Waals surface area contributed by atoms with E-state index in [0.29, 0.717) is 16.6 Å². The third-order valence-electron chi connectivity index (χ3n) is 3.24. The van der Waals surface area contributed by atoms with Crippen molar-refractivity contribution in [1.29, 1.82) is 0 Å². The summed E-state index contributed by atoms with van der Waals surface area (Å²) in [5, 5.41) is 0.938. The van der Waals surface area contributed by atoms with Crippen LogP contribution in [0.25, 0.3) is 0 Å². The van der Waals surface area contributed by atoms with E-state index in [2.05, 4.69) is 21.1 Å². The molecule has 1 aliphatic heterocycles. The highest BCUT2D eigenvalue weighted by Crippen LogP contribution is 2.27. The molecule has 98 valence electrons. The van der Waals surface area contributed by atoms with Crippen LogP contribution in [-0.4, -0.2) is 40.8 Å². The second-order valence-electron chi connectivity index (χ2n) is 4.30. The molecule has 0 N–H and O–H groups in total. The van der Waals surface area contributed by atoms with Crippen molar-refractivity contribution in [3.63, 3.8) is 0 Å². The van der Waals surface area contributed by atoms with Crippen molar-refractivity contribution < 1.29 is 4.79 Å². The molecule has 1 saturated heterocycles. The SMILES string of the molecule is CSC1CCCN(c2ncnc(Cl)c2C=O)CC1. The smallest absolute Gasteiger partial charge is 0.156 e. The number of halogens is 1. The summed E-state index contributed by atoms with van der Waals surface area (Å²) in [6, 6.07) is 0. The first-order valence-electron chi connectivity index (χ1n) is 5.99. The Morgan fingerprint density at radius 3 is 3.00 bits per heavy atom. The van der Waals surface area contributed by atoms with Gasteiger partial charge in [-0.25, -0.2) is 9.97 Å². The van der Waals surface area contributed by atoms with Crippen LogP contribution in [0.15, 0.2) is 6.33 Å². The van der Waals surface area contributed by atoms with Gasteiger partial charge in [0.2, 0.25) is 0 Å². The molecule has 4 nitrogen and oxygen atoms in total. The maximum absolute atomic E-state index is 11.1. The van der Waals surface area contributed by atoms with Gasteiger partial charge in [-0.2, -0.15) is 11.8 Å². The highest BCUT2D eigenvalue weighted by molar-refractivity contribution is 7.99. The molecule has 1 unspecified atom stereocenters. The molecule has 1 aromatic rings. The van der Waals surface area contributed by atoms with E-state index in [-0.39, 0.29) is 5.15 Å². The summed E-state index contributed by atoms with van der Waals surface area (Å²) in [6.45, 7) is 1.84. The lowest BCUT2D eigenvalue weighted by Gasteiger charge is -2.22. The number of aldehydes is 1. The number of aromatic nitrogens is 2. The summed E-state index contributed by atoms with van der Waals surface area (Å²) in [5.41, 5.74) is 0.404. The van der Waals surface area contributed by atoms with E-state index in [4.69, 9.17) is 11.6 Å². The average Bonchev–Trinajstić information content (AvgIpc) is 2.63. The van der Waals surface area contributed by atoms with Crippen LogP contribution < -0.4 is 4.90 Å². The third-order valence-corrected chi connectivity index (χ3v) is 4.68. The summed E-state index contributed by atoms with van der Waals surface area (Å²) in [5.74, 6) is 0.673. The van der Waals surface area contributed by atoms with Gasteiger partial charge in [0.1, 0.15) is 17.3 Å². The van der Waals surface area contributed by atoms with Crippen LogP contribution in [0.1, 0.15) is 29.6 Å². The molecule has 0 radical (unpaired) electrons. The van der Waals surface area contributed by atoms with Crippen LogP contribution in [-0.2, 0) is 0 Å². The quantitative estimate of drug-likeness (QED) is 0.631. The number of carbonyl (C=O) groups is 1. The highest BCUT2D eigenvalue weighted by atomic mass is 35.5. The molecule has 0 spiro atoms. The highest BCUT2D eigenvalue weighted by Gasteiger charge is 2.20.